The van der Waals surface area contributed by atoms with Gasteiger partial charge in [0, 0.05) is 37.6 Å². The molecule has 1 fully saturated rings. The quantitative estimate of drug-likeness (QED) is 0.869. The van der Waals surface area contributed by atoms with Crippen LogP contribution in [0.5, 0.6) is 0 Å². The highest BCUT2D eigenvalue weighted by Crippen LogP contribution is 2.22. The molecule has 1 saturated heterocycles. The average Bonchev–Trinajstić information content (AvgIpc) is 2.76. The molecule has 0 unspecified atom stereocenters. The fourth-order valence-electron chi connectivity index (χ4n) is 3.75. The Morgan fingerprint density at radius 1 is 0.964 bits per heavy atom. The van der Waals surface area contributed by atoms with Crippen LogP contribution in [0.4, 0.5) is 11.4 Å². The molecule has 2 aromatic rings. The summed E-state index contributed by atoms with van der Waals surface area (Å²) in [5, 5.41) is 3.02. The first-order valence-electron chi connectivity index (χ1n) is 9.97. The number of benzene rings is 2. The maximum atomic E-state index is 12.4. The molecule has 2 aliphatic heterocycles. The van der Waals surface area contributed by atoms with Crippen LogP contribution in [0.2, 0.25) is 0 Å². The lowest BCUT2D eigenvalue weighted by Gasteiger charge is -2.29. The molecule has 0 saturated carbocycles. The molecule has 2 aromatic carbocycles. The van der Waals surface area contributed by atoms with E-state index in [4.69, 9.17) is 4.74 Å². The summed E-state index contributed by atoms with van der Waals surface area (Å²) in [6, 6.07) is 18.6. The molecule has 28 heavy (non-hydrogen) atoms. The molecular weight excluding hydrogens is 350 g/mol. The van der Waals surface area contributed by atoms with Crippen molar-refractivity contribution in [2.75, 3.05) is 56.2 Å². The van der Waals surface area contributed by atoms with E-state index in [1.54, 1.807) is 0 Å². The molecule has 0 atom stereocenters. The van der Waals surface area contributed by atoms with Gasteiger partial charge in [-0.1, -0.05) is 36.4 Å². The molecule has 5 heteroatoms. The molecule has 1 N–H and O–H groups in total. The van der Waals surface area contributed by atoms with E-state index in [1.165, 1.54) is 16.8 Å². The van der Waals surface area contributed by atoms with Gasteiger partial charge in [-0.2, -0.15) is 0 Å². The standard InChI is InChI=1S/C23H27N3O2/c27-23(18-25-12-10-20(11-13-25)19-4-2-1-3-5-19)24-21-6-8-22(9-7-21)26-14-16-28-17-15-26/h1-10H,11-18H2,(H,24,27). The van der Waals surface area contributed by atoms with E-state index in [-0.39, 0.29) is 5.91 Å². The maximum Gasteiger partial charge on any atom is 0.238 e. The third kappa shape index (κ3) is 4.80. The summed E-state index contributed by atoms with van der Waals surface area (Å²) in [5.74, 6) is 0.0377. The van der Waals surface area contributed by atoms with Crippen molar-refractivity contribution in [3.63, 3.8) is 0 Å². The Hall–Kier alpha value is -2.63. The van der Waals surface area contributed by atoms with Gasteiger partial charge in [0.15, 0.2) is 0 Å². The van der Waals surface area contributed by atoms with Gasteiger partial charge in [-0.3, -0.25) is 9.69 Å². The summed E-state index contributed by atoms with van der Waals surface area (Å²) in [6.45, 7) is 5.52. The highest BCUT2D eigenvalue weighted by atomic mass is 16.5. The second-order valence-electron chi connectivity index (χ2n) is 7.27. The van der Waals surface area contributed by atoms with Crippen molar-refractivity contribution in [3.8, 4) is 0 Å². The number of amides is 1. The predicted octanol–water partition coefficient (Wildman–Crippen LogP) is 3.25. The third-order valence-corrected chi connectivity index (χ3v) is 5.33. The molecule has 146 valence electrons. The van der Waals surface area contributed by atoms with Gasteiger partial charge in [0.25, 0.3) is 0 Å². The van der Waals surface area contributed by atoms with Crippen LogP contribution in [0.1, 0.15) is 12.0 Å². The van der Waals surface area contributed by atoms with Crippen LogP contribution in [-0.2, 0) is 9.53 Å². The zero-order valence-electron chi connectivity index (χ0n) is 16.1. The number of rotatable bonds is 5. The average molecular weight is 377 g/mol. The fourth-order valence-corrected chi connectivity index (χ4v) is 3.75. The van der Waals surface area contributed by atoms with Gasteiger partial charge in [0.05, 0.1) is 19.8 Å². The number of carbonyl (C=O) groups excluding carboxylic acids is 1. The zero-order chi connectivity index (χ0) is 19.2. The smallest absolute Gasteiger partial charge is 0.238 e. The molecule has 4 rings (SSSR count). The Labute approximate surface area is 166 Å². The van der Waals surface area contributed by atoms with Crippen LogP contribution >= 0.6 is 0 Å². The number of carbonyl (C=O) groups is 1. The summed E-state index contributed by atoms with van der Waals surface area (Å²) < 4.78 is 5.39. The minimum atomic E-state index is 0.0377. The van der Waals surface area contributed by atoms with E-state index >= 15 is 0 Å². The fraction of sp³-hybridized carbons (Fsp3) is 0.348. The highest BCUT2D eigenvalue weighted by molar-refractivity contribution is 5.92. The Bertz CT molecular complexity index is 812. The molecule has 0 aliphatic carbocycles. The predicted molar refractivity (Wildman–Crippen MR) is 114 cm³/mol. The van der Waals surface area contributed by atoms with Crippen LogP contribution in [0, 0.1) is 0 Å². The van der Waals surface area contributed by atoms with Crippen LogP contribution in [0.3, 0.4) is 0 Å². The SMILES string of the molecule is O=C(CN1CC=C(c2ccccc2)CC1)Nc1ccc(N2CCOCC2)cc1. The van der Waals surface area contributed by atoms with E-state index in [0.29, 0.717) is 6.54 Å². The Kier molecular flexibility index (Phi) is 6.04. The molecule has 0 aromatic heterocycles. The van der Waals surface area contributed by atoms with E-state index in [0.717, 1.165) is 51.5 Å². The zero-order valence-corrected chi connectivity index (χ0v) is 16.1. The van der Waals surface area contributed by atoms with Crippen LogP contribution in [0.15, 0.2) is 60.7 Å². The van der Waals surface area contributed by atoms with E-state index < -0.39 is 0 Å². The number of nitrogens with one attached hydrogen (secondary N) is 1. The van der Waals surface area contributed by atoms with Gasteiger partial charge in [0.2, 0.25) is 5.91 Å². The maximum absolute atomic E-state index is 12.4. The highest BCUT2D eigenvalue weighted by Gasteiger charge is 2.16. The summed E-state index contributed by atoms with van der Waals surface area (Å²) in [5.41, 5.74) is 4.68. The molecule has 0 radical (unpaired) electrons. The molecule has 0 bridgehead atoms. The van der Waals surface area contributed by atoms with Gasteiger partial charge in [-0.15, -0.1) is 0 Å². The number of hydrogen-bond donors (Lipinski definition) is 1. The molecular formula is C23H27N3O2. The Morgan fingerprint density at radius 3 is 2.39 bits per heavy atom. The molecule has 5 nitrogen and oxygen atoms in total. The van der Waals surface area contributed by atoms with Crippen molar-refractivity contribution in [2.45, 2.75) is 6.42 Å². The number of morpholine rings is 1. The first-order valence-corrected chi connectivity index (χ1v) is 9.97. The van der Waals surface area contributed by atoms with Crippen LogP contribution in [-0.4, -0.2) is 56.7 Å². The lowest BCUT2D eigenvalue weighted by atomic mass is 10.00. The van der Waals surface area contributed by atoms with E-state index in [9.17, 15) is 4.79 Å². The summed E-state index contributed by atoms with van der Waals surface area (Å²) >= 11 is 0. The Balaban J connectivity index is 1.27. The number of nitrogens with zero attached hydrogens (tertiary/aromatic N) is 2. The van der Waals surface area contributed by atoms with Crippen molar-refractivity contribution in [1.82, 2.24) is 4.90 Å². The van der Waals surface area contributed by atoms with E-state index in [2.05, 4.69) is 57.6 Å². The minimum Gasteiger partial charge on any atom is -0.378 e. The van der Waals surface area contributed by atoms with E-state index in [1.807, 2.05) is 18.2 Å². The summed E-state index contributed by atoms with van der Waals surface area (Å²) in [7, 11) is 0. The molecule has 2 aliphatic rings. The normalized spacial score (nSPS) is 17.9. The molecule has 1 amide bonds. The van der Waals surface area contributed by atoms with Crippen molar-refractivity contribution >= 4 is 22.9 Å². The summed E-state index contributed by atoms with van der Waals surface area (Å²) in [6.07, 6.45) is 3.22. The molecule has 2 heterocycles. The lowest BCUT2D eigenvalue weighted by molar-refractivity contribution is -0.117. The van der Waals surface area contributed by atoms with Crippen molar-refractivity contribution in [3.05, 3.63) is 66.2 Å². The van der Waals surface area contributed by atoms with Gasteiger partial charge in [0.1, 0.15) is 0 Å². The van der Waals surface area contributed by atoms with Crippen molar-refractivity contribution < 1.29 is 9.53 Å². The van der Waals surface area contributed by atoms with Crippen molar-refractivity contribution in [1.29, 1.82) is 0 Å². The minimum absolute atomic E-state index is 0.0377. The lowest BCUT2D eigenvalue weighted by Crippen LogP contribution is -2.36. The van der Waals surface area contributed by atoms with Crippen LogP contribution in [0.25, 0.3) is 5.57 Å². The first kappa shape index (κ1) is 18.7. The van der Waals surface area contributed by atoms with Gasteiger partial charge >= 0.3 is 0 Å². The molecule has 0 spiro atoms. The Morgan fingerprint density at radius 2 is 1.71 bits per heavy atom. The number of hydrogen-bond acceptors (Lipinski definition) is 4. The topological polar surface area (TPSA) is 44.8 Å². The second kappa shape index (κ2) is 9.04. The van der Waals surface area contributed by atoms with Gasteiger partial charge in [-0.05, 0) is 41.8 Å². The summed E-state index contributed by atoms with van der Waals surface area (Å²) in [4.78, 5) is 16.9. The van der Waals surface area contributed by atoms with Gasteiger partial charge in [-0.25, -0.2) is 0 Å². The van der Waals surface area contributed by atoms with Gasteiger partial charge < -0.3 is 15.0 Å². The number of anilines is 2. The largest absolute Gasteiger partial charge is 0.378 e. The monoisotopic (exact) mass is 377 g/mol. The second-order valence-corrected chi connectivity index (χ2v) is 7.27. The van der Waals surface area contributed by atoms with Crippen molar-refractivity contribution in [2.24, 2.45) is 0 Å². The number of ether oxygens (including phenoxy) is 1. The first-order chi connectivity index (χ1) is 13.8. The van der Waals surface area contributed by atoms with Crippen LogP contribution < -0.4 is 10.2 Å². The third-order valence-electron chi connectivity index (χ3n) is 5.33.